The maximum Gasteiger partial charge on any atom is 0.111 e. The van der Waals surface area contributed by atoms with Gasteiger partial charge in [0.1, 0.15) is 5.82 Å². The van der Waals surface area contributed by atoms with E-state index in [9.17, 15) is 5.11 Å². The van der Waals surface area contributed by atoms with E-state index in [1.165, 1.54) is 6.42 Å². The van der Waals surface area contributed by atoms with Gasteiger partial charge in [0.15, 0.2) is 0 Å². The summed E-state index contributed by atoms with van der Waals surface area (Å²) in [6, 6.07) is 0. The number of nitrogens with zero attached hydrogens (tertiary/aromatic N) is 2. The lowest BCUT2D eigenvalue weighted by Gasteiger charge is -2.38. The predicted octanol–water partition coefficient (Wildman–Crippen LogP) is 3.41. The fourth-order valence-electron chi connectivity index (χ4n) is 3.36. The maximum atomic E-state index is 10.9. The third-order valence-corrected chi connectivity index (χ3v) is 4.56. The number of aliphatic hydroxyl groups is 1. The van der Waals surface area contributed by atoms with Crippen LogP contribution in [0.3, 0.4) is 0 Å². The molecule has 2 rings (SSSR count). The Labute approximate surface area is 117 Å². The van der Waals surface area contributed by atoms with E-state index in [4.69, 9.17) is 0 Å². The number of aryl methyl sites for hydroxylation is 1. The largest absolute Gasteiger partial charge is 0.389 e. The highest BCUT2D eigenvalue weighted by Gasteiger charge is 2.36. The van der Waals surface area contributed by atoms with Gasteiger partial charge in [0.05, 0.1) is 5.60 Å². The van der Waals surface area contributed by atoms with Crippen molar-refractivity contribution in [2.75, 3.05) is 0 Å². The Hall–Kier alpha value is -0.830. The van der Waals surface area contributed by atoms with E-state index in [-0.39, 0.29) is 0 Å². The highest BCUT2D eigenvalue weighted by atomic mass is 16.3. The van der Waals surface area contributed by atoms with Gasteiger partial charge in [-0.1, -0.05) is 27.2 Å². The van der Waals surface area contributed by atoms with Gasteiger partial charge in [0.2, 0.25) is 0 Å². The second kappa shape index (κ2) is 6.08. The molecule has 0 aliphatic heterocycles. The molecule has 1 heterocycles. The number of hydrogen-bond acceptors (Lipinski definition) is 2. The molecule has 0 saturated heterocycles. The van der Waals surface area contributed by atoms with Crippen molar-refractivity contribution in [3.63, 3.8) is 0 Å². The van der Waals surface area contributed by atoms with Crippen LogP contribution in [0.4, 0.5) is 0 Å². The standard InChI is InChI=1S/C16H28N2O/c1-4-9-18-10-8-17-15(18)12-16(19)7-5-6-14(11-16)13(2)3/h8,10,13-14,19H,4-7,9,11-12H2,1-3H3. The molecule has 0 aromatic carbocycles. The highest BCUT2D eigenvalue weighted by Crippen LogP contribution is 2.38. The van der Waals surface area contributed by atoms with Crippen molar-refractivity contribution in [1.82, 2.24) is 9.55 Å². The molecule has 1 aromatic rings. The van der Waals surface area contributed by atoms with Gasteiger partial charge in [-0.25, -0.2) is 4.98 Å². The smallest absolute Gasteiger partial charge is 0.111 e. The third-order valence-electron chi connectivity index (χ3n) is 4.56. The van der Waals surface area contributed by atoms with Crippen LogP contribution >= 0.6 is 0 Å². The molecule has 0 radical (unpaired) electrons. The summed E-state index contributed by atoms with van der Waals surface area (Å²) in [6.07, 6.45) is 9.98. The Morgan fingerprint density at radius 1 is 1.53 bits per heavy atom. The van der Waals surface area contributed by atoms with Crippen LogP contribution in [0, 0.1) is 11.8 Å². The quantitative estimate of drug-likeness (QED) is 0.885. The molecule has 108 valence electrons. The van der Waals surface area contributed by atoms with Crippen LogP contribution in [0.15, 0.2) is 12.4 Å². The molecule has 3 heteroatoms. The normalized spacial score (nSPS) is 27.9. The summed E-state index contributed by atoms with van der Waals surface area (Å²) in [5.74, 6) is 2.38. The molecule has 2 atom stereocenters. The zero-order valence-electron chi connectivity index (χ0n) is 12.6. The second-order valence-corrected chi connectivity index (χ2v) is 6.54. The van der Waals surface area contributed by atoms with Crippen molar-refractivity contribution in [2.45, 2.75) is 71.4 Å². The molecule has 1 fully saturated rings. The third kappa shape index (κ3) is 3.59. The first kappa shape index (κ1) is 14.6. The van der Waals surface area contributed by atoms with Crippen LogP contribution in [0.25, 0.3) is 0 Å². The maximum absolute atomic E-state index is 10.9. The van der Waals surface area contributed by atoms with E-state index in [1.807, 2.05) is 12.4 Å². The molecule has 1 N–H and O–H groups in total. The zero-order chi connectivity index (χ0) is 13.9. The summed E-state index contributed by atoms with van der Waals surface area (Å²) in [5, 5.41) is 10.9. The SMILES string of the molecule is CCCn1ccnc1CC1(O)CCCC(C(C)C)C1. The van der Waals surface area contributed by atoms with Crippen molar-refractivity contribution in [3.8, 4) is 0 Å². The van der Waals surface area contributed by atoms with Crippen molar-refractivity contribution >= 4 is 0 Å². The van der Waals surface area contributed by atoms with Gasteiger partial charge in [-0.05, 0) is 37.5 Å². The van der Waals surface area contributed by atoms with Crippen molar-refractivity contribution < 1.29 is 5.11 Å². The van der Waals surface area contributed by atoms with Crippen LogP contribution in [0.2, 0.25) is 0 Å². The van der Waals surface area contributed by atoms with Gasteiger partial charge in [-0.2, -0.15) is 0 Å². The average molecular weight is 264 g/mol. The Morgan fingerprint density at radius 2 is 2.32 bits per heavy atom. The van der Waals surface area contributed by atoms with E-state index in [2.05, 4.69) is 30.3 Å². The van der Waals surface area contributed by atoms with Crippen LogP contribution in [-0.2, 0) is 13.0 Å². The Bertz CT molecular complexity index is 399. The van der Waals surface area contributed by atoms with Gasteiger partial charge in [0, 0.05) is 25.4 Å². The van der Waals surface area contributed by atoms with Gasteiger partial charge in [0.25, 0.3) is 0 Å². The molecule has 19 heavy (non-hydrogen) atoms. The lowest BCUT2D eigenvalue weighted by atomic mass is 9.72. The lowest BCUT2D eigenvalue weighted by Crippen LogP contribution is -2.39. The molecule has 1 aromatic heterocycles. The van der Waals surface area contributed by atoms with Gasteiger partial charge in [-0.15, -0.1) is 0 Å². The van der Waals surface area contributed by atoms with E-state index in [0.717, 1.165) is 38.1 Å². The number of rotatable bonds is 5. The molecule has 0 bridgehead atoms. The van der Waals surface area contributed by atoms with Crippen LogP contribution in [0.5, 0.6) is 0 Å². The molecular formula is C16H28N2O. The lowest BCUT2D eigenvalue weighted by molar-refractivity contribution is -0.0259. The summed E-state index contributed by atoms with van der Waals surface area (Å²) < 4.78 is 2.19. The first-order valence-electron chi connectivity index (χ1n) is 7.76. The van der Waals surface area contributed by atoms with E-state index < -0.39 is 5.60 Å². The molecule has 0 spiro atoms. The Kier molecular flexibility index (Phi) is 4.67. The number of hydrogen-bond donors (Lipinski definition) is 1. The molecule has 1 saturated carbocycles. The van der Waals surface area contributed by atoms with E-state index in [1.54, 1.807) is 0 Å². The van der Waals surface area contributed by atoms with Gasteiger partial charge < -0.3 is 9.67 Å². The summed E-state index contributed by atoms with van der Waals surface area (Å²) >= 11 is 0. The van der Waals surface area contributed by atoms with Crippen LogP contribution < -0.4 is 0 Å². The molecule has 1 aliphatic rings. The molecule has 1 aliphatic carbocycles. The monoisotopic (exact) mass is 264 g/mol. The summed E-state index contributed by atoms with van der Waals surface area (Å²) in [4.78, 5) is 4.45. The zero-order valence-corrected chi connectivity index (χ0v) is 12.6. The highest BCUT2D eigenvalue weighted by molar-refractivity contribution is 5.01. The summed E-state index contributed by atoms with van der Waals surface area (Å²) in [7, 11) is 0. The Balaban J connectivity index is 2.05. The molecule has 3 nitrogen and oxygen atoms in total. The minimum atomic E-state index is -0.538. The van der Waals surface area contributed by atoms with Crippen LogP contribution in [0.1, 0.15) is 58.7 Å². The van der Waals surface area contributed by atoms with Gasteiger partial charge in [-0.3, -0.25) is 0 Å². The van der Waals surface area contributed by atoms with Gasteiger partial charge >= 0.3 is 0 Å². The topological polar surface area (TPSA) is 38.0 Å². The number of imidazole rings is 1. The molecule has 2 unspecified atom stereocenters. The van der Waals surface area contributed by atoms with Crippen molar-refractivity contribution in [2.24, 2.45) is 11.8 Å². The predicted molar refractivity (Wildman–Crippen MR) is 78.0 cm³/mol. The van der Waals surface area contributed by atoms with E-state index >= 15 is 0 Å². The minimum Gasteiger partial charge on any atom is -0.389 e. The van der Waals surface area contributed by atoms with Crippen molar-refractivity contribution in [1.29, 1.82) is 0 Å². The summed E-state index contributed by atoms with van der Waals surface area (Å²) in [6.45, 7) is 7.72. The second-order valence-electron chi connectivity index (χ2n) is 6.54. The Morgan fingerprint density at radius 3 is 3.00 bits per heavy atom. The number of aromatic nitrogens is 2. The average Bonchev–Trinajstić information content (AvgIpc) is 2.76. The fourth-order valence-corrected chi connectivity index (χ4v) is 3.36. The van der Waals surface area contributed by atoms with Crippen LogP contribution in [-0.4, -0.2) is 20.3 Å². The van der Waals surface area contributed by atoms with E-state index in [0.29, 0.717) is 18.3 Å². The first-order chi connectivity index (χ1) is 9.04. The summed E-state index contributed by atoms with van der Waals surface area (Å²) in [5.41, 5.74) is -0.538. The first-order valence-corrected chi connectivity index (χ1v) is 7.76. The molecule has 0 amide bonds. The minimum absolute atomic E-state index is 0.538. The fraction of sp³-hybridized carbons (Fsp3) is 0.812. The van der Waals surface area contributed by atoms with Crippen molar-refractivity contribution in [3.05, 3.63) is 18.2 Å². The molecular weight excluding hydrogens is 236 g/mol.